The lowest BCUT2D eigenvalue weighted by Crippen LogP contribution is -2.39. The Hall–Kier alpha value is -3.63. The van der Waals surface area contributed by atoms with Crippen molar-refractivity contribution in [3.05, 3.63) is 87.3 Å². The number of nitrogens with zero attached hydrogens (tertiary/aromatic N) is 4. The lowest BCUT2D eigenvalue weighted by atomic mass is 9.85. The smallest absolute Gasteiger partial charge is 0.333 e. The van der Waals surface area contributed by atoms with Crippen molar-refractivity contribution in [3.63, 3.8) is 0 Å². The molecule has 0 bridgehead atoms. The van der Waals surface area contributed by atoms with Crippen LogP contribution in [0.25, 0.3) is 16.7 Å². The molecule has 1 saturated carbocycles. The van der Waals surface area contributed by atoms with Gasteiger partial charge in [0.15, 0.2) is 0 Å². The average Bonchev–Trinajstić information content (AvgIpc) is 3.25. The summed E-state index contributed by atoms with van der Waals surface area (Å²) in [6.07, 6.45) is 4.57. The topological polar surface area (TPSA) is 91.0 Å². The first kappa shape index (κ1) is 28.9. The Kier molecular flexibility index (Phi) is 9.09. The third-order valence-corrected chi connectivity index (χ3v) is 7.85. The van der Waals surface area contributed by atoms with Crippen molar-refractivity contribution in [2.45, 2.75) is 57.5 Å². The Morgan fingerprint density at radius 2 is 1.85 bits per heavy atom. The molecule has 0 atom stereocenters. The number of imidazole rings is 1. The SMILES string of the molecule is COCCCc1ccc(-n2c(=O)n(CC3CCC(NC(=O)c4cc(Cl)cnc4C(F)F)CC3)c3ccccc32)cn1. The van der Waals surface area contributed by atoms with E-state index in [0.29, 0.717) is 31.7 Å². The second-order valence-corrected chi connectivity index (χ2v) is 10.8. The van der Waals surface area contributed by atoms with Gasteiger partial charge in [0, 0.05) is 38.2 Å². The Morgan fingerprint density at radius 1 is 1.10 bits per heavy atom. The molecular formula is C30H32ClF2N5O3. The highest BCUT2D eigenvalue weighted by Gasteiger charge is 2.27. The standard InChI is InChI=1S/C30H32ClF2N5O3/c1-41-14-4-5-21-12-13-23(17-34-21)38-26-7-3-2-6-25(26)37(30(38)40)18-19-8-10-22(11-9-19)36-29(39)24-15-20(31)16-35-27(24)28(32)33/h2-3,6-7,12-13,15-17,19,22,28H,4-5,8-11,14,18H2,1H3,(H,36,39). The molecule has 0 spiro atoms. The number of carbonyl (C=O) groups is 1. The highest BCUT2D eigenvalue weighted by atomic mass is 35.5. The Balaban J connectivity index is 1.27. The van der Waals surface area contributed by atoms with Crippen LogP contribution in [0, 0.1) is 5.92 Å². The second kappa shape index (κ2) is 12.9. The number of alkyl halides is 2. The van der Waals surface area contributed by atoms with E-state index in [-0.39, 0.29) is 28.2 Å². The van der Waals surface area contributed by atoms with Crippen molar-refractivity contribution in [3.8, 4) is 5.69 Å². The van der Waals surface area contributed by atoms with E-state index in [1.165, 1.54) is 6.07 Å². The first-order valence-electron chi connectivity index (χ1n) is 13.7. The van der Waals surface area contributed by atoms with Gasteiger partial charge in [0.2, 0.25) is 0 Å². The van der Waals surface area contributed by atoms with Crippen LogP contribution in [0.5, 0.6) is 0 Å². The van der Waals surface area contributed by atoms with Gasteiger partial charge in [-0.2, -0.15) is 0 Å². The number of halogens is 3. The number of fused-ring (bicyclic) bond motifs is 1. The van der Waals surface area contributed by atoms with Crippen LogP contribution in [-0.4, -0.2) is 44.8 Å². The predicted molar refractivity (Wildman–Crippen MR) is 153 cm³/mol. The number of benzene rings is 1. The maximum Gasteiger partial charge on any atom is 0.333 e. The second-order valence-electron chi connectivity index (χ2n) is 10.4. The van der Waals surface area contributed by atoms with E-state index >= 15 is 0 Å². The molecule has 1 aliphatic carbocycles. The van der Waals surface area contributed by atoms with Crippen molar-refractivity contribution in [2.24, 2.45) is 5.92 Å². The Morgan fingerprint density at radius 3 is 2.54 bits per heavy atom. The minimum absolute atomic E-state index is 0.122. The molecule has 0 unspecified atom stereocenters. The van der Waals surface area contributed by atoms with Gasteiger partial charge >= 0.3 is 5.69 Å². The van der Waals surface area contributed by atoms with Gasteiger partial charge in [-0.3, -0.25) is 23.9 Å². The zero-order valence-corrected chi connectivity index (χ0v) is 23.5. The average molecular weight is 584 g/mol. The van der Waals surface area contributed by atoms with Crippen LogP contribution in [0.2, 0.25) is 5.02 Å². The van der Waals surface area contributed by atoms with E-state index in [1.807, 2.05) is 41.0 Å². The van der Waals surface area contributed by atoms with Crippen molar-refractivity contribution in [2.75, 3.05) is 13.7 Å². The molecule has 41 heavy (non-hydrogen) atoms. The van der Waals surface area contributed by atoms with E-state index in [0.717, 1.165) is 48.6 Å². The Bertz CT molecular complexity index is 1560. The molecule has 11 heteroatoms. The first-order valence-corrected chi connectivity index (χ1v) is 14.1. The molecular weight excluding hydrogens is 552 g/mol. The largest absolute Gasteiger partial charge is 0.385 e. The lowest BCUT2D eigenvalue weighted by molar-refractivity contribution is 0.0904. The maximum atomic E-state index is 13.7. The Labute approximate surface area is 241 Å². The zero-order chi connectivity index (χ0) is 28.9. The molecule has 1 amide bonds. The summed E-state index contributed by atoms with van der Waals surface area (Å²) in [4.78, 5) is 34.7. The molecule has 0 radical (unpaired) electrons. The van der Waals surface area contributed by atoms with E-state index in [4.69, 9.17) is 16.3 Å². The van der Waals surface area contributed by atoms with Gasteiger partial charge in [-0.05, 0) is 74.8 Å². The van der Waals surface area contributed by atoms with E-state index in [1.54, 1.807) is 17.9 Å². The van der Waals surface area contributed by atoms with Crippen LogP contribution in [0.4, 0.5) is 8.78 Å². The molecule has 1 aromatic carbocycles. The first-order chi connectivity index (χ1) is 19.9. The third kappa shape index (κ3) is 6.49. The minimum Gasteiger partial charge on any atom is -0.385 e. The molecule has 1 N–H and O–H groups in total. The molecule has 5 rings (SSSR count). The van der Waals surface area contributed by atoms with Crippen LogP contribution >= 0.6 is 11.6 Å². The summed E-state index contributed by atoms with van der Waals surface area (Å²) in [5, 5.41) is 3.00. The van der Waals surface area contributed by atoms with E-state index in [2.05, 4.69) is 15.3 Å². The van der Waals surface area contributed by atoms with Crippen LogP contribution in [0.1, 0.15) is 60.3 Å². The van der Waals surface area contributed by atoms with Gasteiger partial charge in [0.1, 0.15) is 5.69 Å². The van der Waals surface area contributed by atoms with E-state index < -0.39 is 18.0 Å². The molecule has 3 aromatic heterocycles. The quantitative estimate of drug-likeness (QED) is 0.240. The molecule has 4 aromatic rings. The van der Waals surface area contributed by atoms with Crippen molar-refractivity contribution in [1.29, 1.82) is 0 Å². The highest BCUT2D eigenvalue weighted by molar-refractivity contribution is 6.30. The number of aromatic nitrogens is 4. The normalized spacial score (nSPS) is 17.3. The van der Waals surface area contributed by atoms with Crippen molar-refractivity contribution in [1.82, 2.24) is 24.4 Å². The molecule has 1 fully saturated rings. The minimum atomic E-state index is -2.88. The van der Waals surface area contributed by atoms with Gasteiger partial charge in [0.05, 0.1) is 33.5 Å². The van der Waals surface area contributed by atoms with Gasteiger partial charge in [-0.25, -0.2) is 13.6 Å². The molecule has 8 nitrogen and oxygen atoms in total. The van der Waals surface area contributed by atoms with Crippen molar-refractivity contribution < 1.29 is 18.3 Å². The predicted octanol–water partition coefficient (Wildman–Crippen LogP) is 5.74. The number of methoxy groups -OCH3 is 1. The summed E-state index contributed by atoms with van der Waals surface area (Å²) < 4.78 is 35.4. The number of ether oxygens (including phenoxy) is 1. The number of rotatable bonds is 10. The van der Waals surface area contributed by atoms with Gasteiger partial charge < -0.3 is 10.1 Å². The third-order valence-electron chi connectivity index (χ3n) is 7.64. The fraction of sp³-hybridized carbons (Fsp3) is 0.400. The summed E-state index contributed by atoms with van der Waals surface area (Å²) >= 11 is 5.91. The number of aryl methyl sites for hydroxylation is 1. The number of amides is 1. The fourth-order valence-corrected chi connectivity index (χ4v) is 5.70. The van der Waals surface area contributed by atoms with E-state index in [9.17, 15) is 18.4 Å². The van der Waals surface area contributed by atoms with Gasteiger partial charge in [0.25, 0.3) is 12.3 Å². The maximum absolute atomic E-state index is 13.7. The molecule has 0 saturated heterocycles. The van der Waals surface area contributed by atoms with Crippen LogP contribution in [0.15, 0.2) is 59.7 Å². The number of hydrogen-bond donors (Lipinski definition) is 1. The summed E-state index contributed by atoms with van der Waals surface area (Å²) in [6, 6.07) is 12.7. The number of hydrogen-bond acceptors (Lipinski definition) is 5. The fourth-order valence-electron chi connectivity index (χ4n) is 5.55. The molecule has 0 aliphatic heterocycles. The number of pyridine rings is 2. The van der Waals surface area contributed by atoms with Crippen LogP contribution in [0.3, 0.4) is 0 Å². The van der Waals surface area contributed by atoms with Crippen molar-refractivity contribution >= 4 is 28.5 Å². The molecule has 3 heterocycles. The molecule has 216 valence electrons. The summed E-state index contributed by atoms with van der Waals surface area (Å²) in [6.45, 7) is 1.22. The number of para-hydroxylation sites is 2. The summed E-state index contributed by atoms with van der Waals surface area (Å²) in [5.74, 6) is -0.373. The van der Waals surface area contributed by atoms with Crippen LogP contribution < -0.4 is 11.0 Å². The van der Waals surface area contributed by atoms with Gasteiger partial charge in [-0.15, -0.1) is 0 Å². The van der Waals surface area contributed by atoms with Crippen LogP contribution in [-0.2, 0) is 17.7 Å². The lowest BCUT2D eigenvalue weighted by Gasteiger charge is -2.29. The monoisotopic (exact) mass is 583 g/mol. The zero-order valence-electron chi connectivity index (χ0n) is 22.7. The highest BCUT2D eigenvalue weighted by Crippen LogP contribution is 2.29. The number of carbonyl (C=O) groups excluding carboxylic acids is 1. The summed E-state index contributed by atoms with van der Waals surface area (Å²) in [5.41, 5.74) is 2.43. The summed E-state index contributed by atoms with van der Waals surface area (Å²) in [7, 11) is 1.68. The molecule has 1 aliphatic rings. The van der Waals surface area contributed by atoms with Gasteiger partial charge in [-0.1, -0.05) is 23.7 Å². The number of nitrogens with one attached hydrogen (secondary N) is 1.